The zero-order valence-electron chi connectivity index (χ0n) is 23.7. The molecule has 10 heteroatoms. The van der Waals surface area contributed by atoms with E-state index in [1.165, 1.54) is 4.90 Å². The first-order valence-electron chi connectivity index (χ1n) is 14.1. The van der Waals surface area contributed by atoms with Crippen molar-refractivity contribution in [1.29, 1.82) is 0 Å². The Hall–Kier alpha value is -4.57. The van der Waals surface area contributed by atoms with Crippen LogP contribution in [0.15, 0.2) is 91.0 Å². The summed E-state index contributed by atoms with van der Waals surface area (Å²) >= 11 is 0. The van der Waals surface area contributed by atoms with Crippen LogP contribution in [0.5, 0.6) is 0 Å². The summed E-state index contributed by atoms with van der Waals surface area (Å²) in [6.45, 7) is 2.62. The minimum atomic E-state index is -0.532. The van der Waals surface area contributed by atoms with Crippen molar-refractivity contribution < 1.29 is 28.6 Å². The van der Waals surface area contributed by atoms with Crippen LogP contribution in [0.25, 0.3) is 0 Å². The van der Waals surface area contributed by atoms with Gasteiger partial charge in [-0.25, -0.2) is 19.7 Å². The number of ether oxygens (including phenoxy) is 3. The number of carbonyl (C=O) groups excluding carboxylic acids is 3. The molecule has 0 aliphatic carbocycles. The summed E-state index contributed by atoms with van der Waals surface area (Å²) in [5.41, 5.74) is 2.63. The predicted octanol–water partition coefficient (Wildman–Crippen LogP) is 4.52. The Morgan fingerprint density at radius 3 is 1.07 bits per heavy atom. The third-order valence-corrected chi connectivity index (χ3v) is 6.73. The third kappa shape index (κ3) is 10.1. The van der Waals surface area contributed by atoms with Crippen molar-refractivity contribution in [3.63, 3.8) is 0 Å². The summed E-state index contributed by atoms with van der Waals surface area (Å²) < 4.78 is 16.7. The van der Waals surface area contributed by atoms with Crippen LogP contribution in [0.1, 0.15) is 16.7 Å². The highest BCUT2D eigenvalue weighted by molar-refractivity contribution is 5.70. The first-order valence-corrected chi connectivity index (χ1v) is 14.1. The molecule has 0 aromatic heterocycles. The van der Waals surface area contributed by atoms with Crippen LogP contribution in [-0.4, -0.2) is 85.3 Å². The molecule has 10 nitrogen and oxygen atoms in total. The lowest BCUT2D eigenvalue weighted by Crippen LogP contribution is -2.48. The molecule has 1 saturated heterocycles. The van der Waals surface area contributed by atoms with Gasteiger partial charge in [0.1, 0.15) is 19.8 Å². The summed E-state index contributed by atoms with van der Waals surface area (Å²) in [6, 6.07) is 28.3. The van der Waals surface area contributed by atoms with Gasteiger partial charge in [0.05, 0.1) is 0 Å². The molecule has 1 aliphatic rings. The van der Waals surface area contributed by atoms with Crippen LogP contribution in [0, 0.1) is 0 Å². The topological polar surface area (TPSA) is 103 Å². The van der Waals surface area contributed by atoms with Gasteiger partial charge in [0.2, 0.25) is 0 Å². The van der Waals surface area contributed by atoms with E-state index in [1.807, 2.05) is 91.0 Å². The fourth-order valence-electron chi connectivity index (χ4n) is 4.29. The van der Waals surface area contributed by atoms with E-state index in [1.54, 1.807) is 9.80 Å². The van der Waals surface area contributed by atoms with Gasteiger partial charge in [-0.2, -0.15) is 0 Å². The summed E-state index contributed by atoms with van der Waals surface area (Å²) in [5.74, 6) is 0. The molecular weight excluding hydrogens is 536 g/mol. The molecule has 1 fully saturated rings. The Balaban J connectivity index is 1.39. The number of rotatable bonds is 6. The SMILES string of the molecule is O=C(OCc1ccccc1)N1CC[N]CCN(C(=O)OCc2ccccc2)CCN(C(=O)OCc2ccccc2)CC1. The van der Waals surface area contributed by atoms with Crippen LogP contribution < -0.4 is 5.32 Å². The van der Waals surface area contributed by atoms with Gasteiger partial charge in [-0.05, 0) is 16.7 Å². The Morgan fingerprint density at radius 1 is 0.476 bits per heavy atom. The number of carbonyl (C=O) groups is 3. The van der Waals surface area contributed by atoms with Crippen LogP contribution in [0.3, 0.4) is 0 Å². The molecule has 4 rings (SSSR count). The molecule has 1 heterocycles. The maximum atomic E-state index is 13.2. The maximum absolute atomic E-state index is 13.2. The van der Waals surface area contributed by atoms with Crippen molar-refractivity contribution in [2.75, 3.05) is 52.4 Å². The molecule has 3 aromatic rings. The van der Waals surface area contributed by atoms with Gasteiger partial charge in [-0.3, -0.25) is 0 Å². The minimum Gasteiger partial charge on any atom is -0.445 e. The molecule has 3 aromatic carbocycles. The molecule has 0 bridgehead atoms. The summed E-state index contributed by atoms with van der Waals surface area (Å²) in [7, 11) is 0. The van der Waals surface area contributed by atoms with Crippen molar-refractivity contribution in [3.8, 4) is 0 Å². The third-order valence-electron chi connectivity index (χ3n) is 6.73. The number of nitrogens with zero attached hydrogens (tertiary/aromatic N) is 4. The van der Waals surface area contributed by atoms with Crippen LogP contribution >= 0.6 is 0 Å². The van der Waals surface area contributed by atoms with Crippen molar-refractivity contribution in [1.82, 2.24) is 20.0 Å². The normalized spacial score (nSPS) is 14.7. The Kier molecular flexibility index (Phi) is 12.0. The van der Waals surface area contributed by atoms with Gasteiger partial charge >= 0.3 is 18.3 Å². The lowest BCUT2D eigenvalue weighted by Gasteiger charge is -2.30. The predicted molar refractivity (Wildman–Crippen MR) is 156 cm³/mol. The van der Waals surface area contributed by atoms with Crippen molar-refractivity contribution in [2.24, 2.45) is 0 Å². The second-order valence-electron chi connectivity index (χ2n) is 9.75. The van der Waals surface area contributed by atoms with E-state index in [2.05, 4.69) is 5.32 Å². The standard InChI is InChI=1S/C32H37N4O6/c37-30(40-24-27-10-4-1-5-11-27)34-18-16-33-17-19-35(31(38)41-25-28-12-6-2-7-13-28)21-23-36(22-20-34)32(39)42-26-29-14-8-3-9-15-29/h1-15H,16-26H2. The van der Waals surface area contributed by atoms with E-state index in [4.69, 9.17) is 14.2 Å². The summed E-state index contributed by atoms with van der Waals surface area (Å²) in [4.78, 5) is 43.7. The van der Waals surface area contributed by atoms with Crippen LogP contribution in [0.2, 0.25) is 0 Å². The number of amides is 3. The Labute approximate surface area is 246 Å². The molecule has 0 atom stereocenters. The van der Waals surface area contributed by atoms with Gasteiger partial charge < -0.3 is 28.9 Å². The largest absolute Gasteiger partial charge is 0.445 e. The molecule has 3 amide bonds. The number of benzene rings is 3. The fraction of sp³-hybridized carbons (Fsp3) is 0.344. The molecular formula is C32H37N4O6. The first kappa shape index (κ1) is 30.4. The fourth-order valence-corrected chi connectivity index (χ4v) is 4.29. The lowest BCUT2D eigenvalue weighted by molar-refractivity contribution is 0.0684. The van der Waals surface area contributed by atoms with Crippen molar-refractivity contribution >= 4 is 18.3 Å². The zero-order chi connectivity index (χ0) is 29.4. The van der Waals surface area contributed by atoms with Crippen LogP contribution in [0.4, 0.5) is 14.4 Å². The average molecular weight is 574 g/mol. The first-order chi connectivity index (χ1) is 20.6. The summed E-state index contributed by atoms with van der Waals surface area (Å²) in [5, 5.41) is 4.52. The average Bonchev–Trinajstić information content (AvgIpc) is 3.03. The van der Waals surface area contributed by atoms with E-state index in [0.29, 0.717) is 26.2 Å². The highest BCUT2D eigenvalue weighted by Crippen LogP contribution is 2.09. The van der Waals surface area contributed by atoms with Crippen molar-refractivity contribution in [2.45, 2.75) is 19.8 Å². The summed E-state index contributed by atoms with van der Waals surface area (Å²) in [6.07, 6.45) is -1.49. The Bertz CT molecular complexity index is 1180. The van der Waals surface area contributed by atoms with Crippen LogP contribution in [-0.2, 0) is 34.0 Å². The van der Waals surface area contributed by atoms with Crippen molar-refractivity contribution in [3.05, 3.63) is 108 Å². The molecule has 0 N–H and O–H groups in total. The number of hydrogen-bond acceptors (Lipinski definition) is 6. The molecule has 42 heavy (non-hydrogen) atoms. The number of hydrogen-bond donors (Lipinski definition) is 0. The monoisotopic (exact) mass is 573 g/mol. The van der Waals surface area contributed by atoms with E-state index in [9.17, 15) is 14.4 Å². The zero-order valence-corrected chi connectivity index (χ0v) is 23.7. The highest BCUT2D eigenvalue weighted by Gasteiger charge is 2.24. The molecule has 0 saturated carbocycles. The molecule has 221 valence electrons. The van der Waals surface area contributed by atoms with E-state index in [-0.39, 0.29) is 46.0 Å². The van der Waals surface area contributed by atoms with Gasteiger partial charge in [0, 0.05) is 52.4 Å². The molecule has 0 spiro atoms. The van der Waals surface area contributed by atoms with Gasteiger partial charge in [-0.1, -0.05) is 91.0 Å². The minimum absolute atomic E-state index is 0.112. The highest BCUT2D eigenvalue weighted by atomic mass is 16.6. The maximum Gasteiger partial charge on any atom is 0.410 e. The van der Waals surface area contributed by atoms with Gasteiger partial charge in [0.25, 0.3) is 0 Å². The second-order valence-corrected chi connectivity index (χ2v) is 9.75. The molecule has 1 radical (unpaired) electrons. The quantitative estimate of drug-likeness (QED) is 0.402. The molecule has 1 aliphatic heterocycles. The lowest BCUT2D eigenvalue weighted by atomic mass is 10.2. The smallest absolute Gasteiger partial charge is 0.410 e. The van der Waals surface area contributed by atoms with E-state index < -0.39 is 18.3 Å². The Morgan fingerprint density at radius 2 is 0.762 bits per heavy atom. The van der Waals surface area contributed by atoms with E-state index >= 15 is 0 Å². The van der Waals surface area contributed by atoms with Gasteiger partial charge in [0.15, 0.2) is 0 Å². The molecule has 0 unspecified atom stereocenters. The second kappa shape index (κ2) is 16.6. The van der Waals surface area contributed by atoms with Gasteiger partial charge in [-0.15, -0.1) is 0 Å². The van der Waals surface area contributed by atoms with E-state index in [0.717, 1.165) is 16.7 Å².